The van der Waals surface area contributed by atoms with E-state index in [1.54, 1.807) is 0 Å². The number of hydrogen-bond donors (Lipinski definition) is 2. The third kappa shape index (κ3) is 7.37. The van der Waals surface area contributed by atoms with E-state index in [0.29, 0.717) is 5.84 Å². The van der Waals surface area contributed by atoms with E-state index in [1.807, 2.05) is 32.2 Å². The molecule has 0 saturated carbocycles. The van der Waals surface area contributed by atoms with E-state index in [-0.39, 0.29) is 6.04 Å². The normalized spacial score (nSPS) is 12.7. The van der Waals surface area contributed by atoms with E-state index in [2.05, 4.69) is 85.3 Å². The molecule has 3 heteroatoms. The van der Waals surface area contributed by atoms with Crippen LogP contribution in [0, 0.1) is 5.41 Å². The molecule has 3 nitrogen and oxygen atoms in total. The fourth-order valence-corrected chi connectivity index (χ4v) is 3.33. The van der Waals surface area contributed by atoms with Crippen LogP contribution in [-0.4, -0.2) is 36.9 Å². The molecule has 2 aromatic carbocycles. The van der Waals surface area contributed by atoms with Gasteiger partial charge < -0.3 is 10.2 Å². The molecule has 0 aromatic heterocycles. The molecule has 0 spiro atoms. The summed E-state index contributed by atoms with van der Waals surface area (Å²) in [6, 6.07) is 17.3. The molecule has 0 aliphatic heterocycles. The van der Waals surface area contributed by atoms with Crippen molar-refractivity contribution in [3.05, 3.63) is 96.1 Å². The van der Waals surface area contributed by atoms with Gasteiger partial charge in [-0.3, -0.25) is 5.41 Å². The fourth-order valence-electron chi connectivity index (χ4n) is 3.33. The molecule has 0 saturated heterocycles. The van der Waals surface area contributed by atoms with Gasteiger partial charge in [-0.2, -0.15) is 0 Å². The standard InChI is InChI=1S/C28H37N3/c1-6-9-10-24(8-3)21-30-20-19-22(4)31(5)28(29)27-17-15-26(16-18-27)25-13-11-23(7-2)12-14-25/h6,8-18,22,29-30H,3,7,19-21H2,1-2,4-5H3/b9-6-,24-10+,29-28?. The van der Waals surface area contributed by atoms with Gasteiger partial charge in [-0.1, -0.05) is 86.3 Å². The van der Waals surface area contributed by atoms with Crippen molar-refractivity contribution in [3.63, 3.8) is 0 Å². The van der Waals surface area contributed by atoms with Gasteiger partial charge in [0.1, 0.15) is 5.84 Å². The molecule has 31 heavy (non-hydrogen) atoms. The summed E-state index contributed by atoms with van der Waals surface area (Å²) in [5.41, 5.74) is 5.87. The highest BCUT2D eigenvalue weighted by molar-refractivity contribution is 5.96. The van der Waals surface area contributed by atoms with Crippen molar-refractivity contribution in [2.45, 2.75) is 39.7 Å². The number of nitrogens with one attached hydrogen (secondary N) is 2. The van der Waals surface area contributed by atoms with Crippen molar-refractivity contribution in [1.82, 2.24) is 10.2 Å². The van der Waals surface area contributed by atoms with E-state index in [1.165, 1.54) is 22.3 Å². The maximum Gasteiger partial charge on any atom is 0.128 e. The van der Waals surface area contributed by atoms with Gasteiger partial charge in [0.25, 0.3) is 0 Å². The van der Waals surface area contributed by atoms with Crippen LogP contribution >= 0.6 is 0 Å². The Bertz CT molecular complexity index is 889. The third-order valence-corrected chi connectivity index (χ3v) is 5.70. The molecule has 1 unspecified atom stereocenters. The average Bonchev–Trinajstić information content (AvgIpc) is 2.82. The van der Waals surface area contributed by atoms with E-state index >= 15 is 0 Å². The SMILES string of the molecule is C=C/C(=C\C=C/C)CNCCC(C)N(C)C(=N)c1ccc(-c2ccc(CC)cc2)cc1. The van der Waals surface area contributed by atoms with E-state index < -0.39 is 0 Å². The van der Waals surface area contributed by atoms with Gasteiger partial charge >= 0.3 is 0 Å². The van der Waals surface area contributed by atoms with E-state index in [0.717, 1.165) is 31.5 Å². The van der Waals surface area contributed by atoms with Crippen LogP contribution in [0.2, 0.25) is 0 Å². The van der Waals surface area contributed by atoms with Gasteiger partial charge in [0.2, 0.25) is 0 Å². The minimum absolute atomic E-state index is 0.271. The van der Waals surface area contributed by atoms with Crippen LogP contribution in [0.1, 0.15) is 38.3 Å². The summed E-state index contributed by atoms with van der Waals surface area (Å²) in [4.78, 5) is 2.05. The molecule has 2 N–H and O–H groups in total. The van der Waals surface area contributed by atoms with Crippen LogP contribution < -0.4 is 5.32 Å². The molecular formula is C28H37N3. The molecule has 164 valence electrons. The number of rotatable bonds is 11. The number of aryl methyl sites for hydroxylation is 1. The average molecular weight is 416 g/mol. The van der Waals surface area contributed by atoms with Gasteiger partial charge in [0.05, 0.1) is 0 Å². The Kier molecular flexibility index (Phi) is 9.99. The fraction of sp³-hybridized carbons (Fsp3) is 0.321. The van der Waals surface area contributed by atoms with Crippen LogP contribution in [0.15, 0.2) is 85.0 Å². The van der Waals surface area contributed by atoms with Gasteiger partial charge in [-0.15, -0.1) is 0 Å². The van der Waals surface area contributed by atoms with Gasteiger partial charge in [-0.25, -0.2) is 0 Å². The van der Waals surface area contributed by atoms with Gasteiger partial charge in [0, 0.05) is 25.2 Å². The lowest BCUT2D eigenvalue weighted by Gasteiger charge is -2.27. The summed E-state index contributed by atoms with van der Waals surface area (Å²) < 4.78 is 0. The number of hydrogen-bond acceptors (Lipinski definition) is 2. The van der Waals surface area contributed by atoms with Gasteiger partial charge in [-0.05, 0) is 55.5 Å². The molecule has 0 aliphatic carbocycles. The second kappa shape index (κ2) is 12.7. The van der Waals surface area contributed by atoms with Crippen molar-refractivity contribution >= 4 is 5.84 Å². The Hall–Kier alpha value is -2.91. The molecule has 0 aliphatic rings. The lowest BCUT2D eigenvalue weighted by atomic mass is 10.0. The maximum atomic E-state index is 8.62. The number of amidine groups is 1. The van der Waals surface area contributed by atoms with Crippen molar-refractivity contribution in [1.29, 1.82) is 5.41 Å². The monoisotopic (exact) mass is 415 g/mol. The Morgan fingerprint density at radius 2 is 1.71 bits per heavy atom. The van der Waals surface area contributed by atoms with Crippen LogP contribution in [0.4, 0.5) is 0 Å². The molecule has 0 heterocycles. The smallest absolute Gasteiger partial charge is 0.128 e. The second-order valence-corrected chi connectivity index (χ2v) is 7.87. The van der Waals surface area contributed by atoms with Crippen molar-refractivity contribution in [2.75, 3.05) is 20.1 Å². The topological polar surface area (TPSA) is 39.1 Å². The summed E-state index contributed by atoms with van der Waals surface area (Å²) in [6.45, 7) is 11.9. The Balaban J connectivity index is 1.89. The number of nitrogens with zero attached hydrogens (tertiary/aromatic N) is 1. The minimum atomic E-state index is 0.271. The molecule has 0 amide bonds. The zero-order valence-electron chi connectivity index (χ0n) is 19.5. The van der Waals surface area contributed by atoms with Crippen LogP contribution in [0.25, 0.3) is 11.1 Å². The number of benzene rings is 2. The zero-order chi connectivity index (χ0) is 22.6. The number of allylic oxidation sites excluding steroid dienone is 3. The first kappa shape index (κ1) is 24.4. The quantitative estimate of drug-likeness (QED) is 0.198. The Morgan fingerprint density at radius 1 is 1.10 bits per heavy atom. The highest BCUT2D eigenvalue weighted by Crippen LogP contribution is 2.21. The first-order valence-electron chi connectivity index (χ1n) is 11.2. The highest BCUT2D eigenvalue weighted by Gasteiger charge is 2.14. The van der Waals surface area contributed by atoms with Crippen molar-refractivity contribution in [3.8, 4) is 11.1 Å². The lowest BCUT2D eigenvalue weighted by Crippen LogP contribution is -2.37. The highest BCUT2D eigenvalue weighted by atomic mass is 15.2. The Morgan fingerprint density at radius 3 is 2.26 bits per heavy atom. The second-order valence-electron chi connectivity index (χ2n) is 7.87. The van der Waals surface area contributed by atoms with Crippen molar-refractivity contribution in [2.24, 2.45) is 0 Å². The molecule has 1 atom stereocenters. The molecule has 2 rings (SSSR count). The summed E-state index contributed by atoms with van der Waals surface area (Å²) in [5, 5.41) is 12.1. The molecular weight excluding hydrogens is 378 g/mol. The summed E-state index contributed by atoms with van der Waals surface area (Å²) in [5.74, 6) is 0.556. The first-order valence-corrected chi connectivity index (χ1v) is 11.2. The zero-order valence-corrected chi connectivity index (χ0v) is 19.5. The van der Waals surface area contributed by atoms with Crippen molar-refractivity contribution < 1.29 is 0 Å². The maximum absolute atomic E-state index is 8.62. The summed E-state index contributed by atoms with van der Waals surface area (Å²) in [7, 11) is 2.01. The minimum Gasteiger partial charge on any atom is -0.357 e. The Labute approximate surface area is 188 Å². The van der Waals surface area contributed by atoms with Crippen LogP contribution in [-0.2, 0) is 6.42 Å². The molecule has 0 fully saturated rings. The summed E-state index contributed by atoms with van der Waals surface area (Å²) >= 11 is 0. The third-order valence-electron chi connectivity index (χ3n) is 5.70. The van der Waals surface area contributed by atoms with E-state index in [4.69, 9.17) is 5.41 Å². The summed E-state index contributed by atoms with van der Waals surface area (Å²) in [6.07, 6.45) is 10.0. The molecule has 0 radical (unpaired) electrons. The predicted octanol–water partition coefficient (Wildman–Crippen LogP) is 6.23. The van der Waals surface area contributed by atoms with E-state index in [9.17, 15) is 0 Å². The molecule has 0 bridgehead atoms. The van der Waals surface area contributed by atoms with Crippen LogP contribution in [0.3, 0.4) is 0 Å². The first-order chi connectivity index (χ1) is 15.0. The largest absolute Gasteiger partial charge is 0.357 e. The molecule has 2 aromatic rings. The van der Waals surface area contributed by atoms with Crippen LogP contribution in [0.5, 0.6) is 0 Å². The lowest BCUT2D eigenvalue weighted by molar-refractivity contribution is 0.364. The van der Waals surface area contributed by atoms with Gasteiger partial charge in [0.15, 0.2) is 0 Å². The predicted molar refractivity (Wildman–Crippen MR) is 136 cm³/mol.